The molecule has 0 fully saturated rings. The van der Waals surface area contributed by atoms with Crippen LogP contribution in [0.25, 0.3) is 0 Å². The second-order valence-corrected chi connectivity index (χ2v) is 6.20. The van der Waals surface area contributed by atoms with Crippen LogP contribution in [0.1, 0.15) is 36.4 Å². The van der Waals surface area contributed by atoms with Crippen LogP contribution in [0.2, 0.25) is 0 Å². The zero-order valence-electron chi connectivity index (χ0n) is 13.2. The number of nitrogens with one attached hydrogen (secondary N) is 2. The van der Waals surface area contributed by atoms with Crippen molar-refractivity contribution in [1.29, 1.82) is 0 Å². The summed E-state index contributed by atoms with van der Waals surface area (Å²) in [6, 6.07) is 6.69. The molecule has 0 spiro atoms. The molecule has 8 heteroatoms. The van der Waals surface area contributed by atoms with Crippen LogP contribution in [-0.4, -0.2) is 35.0 Å². The van der Waals surface area contributed by atoms with Gasteiger partial charge in [0.05, 0.1) is 13.2 Å². The van der Waals surface area contributed by atoms with Gasteiger partial charge in [0.25, 0.3) is 0 Å². The fourth-order valence-corrected chi connectivity index (χ4v) is 2.64. The molecule has 0 aliphatic carbocycles. The van der Waals surface area contributed by atoms with Crippen molar-refractivity contribution in [2.75, 3.05) is 19.0 Å². The fraction of sp³-hybridized carbons (Fsp3) is 0.400. The number of benzene rings is 1. The van der Waals surface area contributed by atoms with Crippen molar-refractivity contribution in [2.45, 2.75) is 25.9 Å². The normalized spacial score (nSPS) is 12.0. The molecule has 0 aliphatic heterocycles. The highest BCUT2D eigenvalue weighted by Crippen LogP contribution is 2.24. The SMILES string of the molecule is COc1ccccc1[C@@H](O)CNC(=O)Nc1nnc(C(C)C)s1. The summed E-state index contributed by atoms with van der Waals surface area (Å²) in [6.45, 7) is 4.07. The Kier molecular flexibility index (Phi) is 5.89. The number of ether oxygens (including phenoxy) is 1. The molecule has 0 saturated carbocycles. The van der Waals surface area contributed by atoms with Gasteiger partial charge in [-0.05, 0) is 6.07 Å². The molecule has 0 radical (unpaired) electrons. The number of aliphatic hydroxyl groups excluding tert-OH is 1. The van der Waals surface area contributed by atoms with E-state index in [2.05, 4.69) is 20.8 Å². The average molecular weight is 336 g/mol. The number of carbonyl (C=O) groups is 1. The van der Waals surface area contributed by atoms with E-state index in [1.54, 1.807) is 18.2 Å². The summed E-state index contributed by atoms with van der Waals surface area (Å²) in [5, 5.41) is 24.6. The van der Waals surface area contributed by atoms with Crippen molar-refractivity contribution >= 4 is 22.5 Å². The summed E-state index contributed by atoms with van der Waals surface area (Å²) in [4.78, 5) is 11.9. The van der Waals surface area contributed by atoms with E-state index >= 15 is 0 Å². The summed E-state index contributed by atoms with van der Waals surface area (Å²) in [5.74, 6) is 0.839. The third-order valence-corrected chi connectivity index (χ3v) is 4.25. The number of nitrogens with zero attached hydrogens (tertiary/aromatic N) is 2. The number of urea groups is 1. The van der Waals surface area contributed by atoms with Crippen LogP contribution in [0.15, 0.2) is 24.3 Å². The zero-order chi connectivity index (χ0) is 16.8. The van der Waals surface area contributed by atoms with Crippen LogP contribution in [0, 0.1) is 0 Å². The Morgan fingerprint density at radius 2 is 2.09 bits per heavy atom. The van der Waals surface area contributed by atoms with Crippen LogP contribution in [-0.2, 0) is 0 Å². The van der Waals surface area contributed by atoms with Gasteiger partial charge in [-0.25, -0.2) is 4.79 Å². The maximum atomic E-state index is 11.9. The summed E-state index contributed by atoms with van der Waals surface area (Å²) in [5.41, 5.74) is 0.619. The number of methoxy groups -OCH3 is 1. The first-order valence-corrected chi connectivity index (χ1v) is 8.02. The standard InChI is InChI=1S/C15H20N4O3S/c1-9(2)13-18-19-15(23-13)17-14(21)16-8-11(20)10-6-4-5-7-12(10)22-3/h4-7,9,11,20H,8H2,1-3H3,(H2,16,17,19,21)/t11-/m0/s1. The van der Waals surface area contributed by atoms with Gasteiger partial charge in [-0.15, -0.1) is 10.2 Å². The lowest BCUT2D eigenvalue weighted by atomic mass is 10.1. The predicted octanol–water partition coefficient (Wildman–Crippen LogP) is 2.53. The van der Waals surface area contributed by atoms with E-state index in [9.17, 15) is 9.90 Å². The lowest BCUT2D eigenvalue weighted by molar-refractivity contribution is 0.171. The van der Waals surface area contributed by atoms with Crippen LogP contribution >= 0.6 is 11.3 Å². The molecule has 1 heterocycles. The lowest BCUT2D eigenvalue weighted by Crippen LogP contribution is -2.32. The molecular formula is C15H20N4O3S. The Labute approximate surface area is 138 Å². The first-order valence-electron chi connectivity index (χ1n) is 7.20. The van der Waals surface area contributed by atoms with Gasteiger partial charge >= 0.3 is 6.03 Å². The Morgan fingerprint density at radius 3 is 2.74 bits per heavy atom. The lowest BCUT2D eigenvalue weighted by Gasteiger charge is -2.15. The van der Waals surface area contributed by atoms with Crippen LogP contribution < -0.4 is 15.4 Å². The molecule has 1 aromatic heterocycles. The third kappa shape index (κ3) is 4.64. The van der Waals surface area contributed by atoms with E-state index in [0.29, 0.717) is 16.4 Å². The first kappa shape index (κ1) is 17.2. The molecule has 1 aromatic carbocycles. The quantitative estimate of drug-likeness (QED) is 0.753. The Bertz CT molecular complexity index is 660. The van der Waals surface area contributed by atoms with Crippen molar-refractivity contribution in [3.05, 3.63) is 34.8 Å². The van der Waals surface area contributed by atoms with Crippen LogP contribution in [0.4, 0.5) is 9.93 Å². The topological polar surface area (TPSA) is 96.4 Å². The molecule has 124 valence electrons. The van der Waals surface area contributed by atoms with Crippen LogP contribution in [0.5, 0.6) is 5.75 Å². The van der Waals surface area contributed by atoms with Gasteiger partial charge < -0.3 is 15.2 Å². The van der Waals surface area contributed by atoms with Gasteiger partial charge in [-0.1, -0.05) is 43.4 Å². The number of hydrogen-bond acceptors (Lipinski definition) is 6. The minimum atomic E-state index is -0.863. The molecule has 0 aliphatic rings. The molecule has 2 rings (SSSR count). The Morgan fingerprint density at radius 1 is 1.35 bits per heavy atom. The van der Waals surface area contributed by atoms with Gasteiger partial charge in [-0.3, -0.25) is 5.32 Å². The number of aliphatic hydroxyl groups is 1. The highest BCUT2D eigenvalue weighted by Gasteiger charge is 2.15. The number of carbonyl (C=O) groups excluding carboxylic acids is 1. The van der Waals surface area contributed by atoms with Gasteiger partial charge in [0.1, 0.15) is 10.8 Å². The maximum Gasteiger partial charge on any atom is 0.321 e. The number of amides is 2. The summed E-state index contributed by atoms with van der Waals surface area (Å²) in [7, 11) is 1.54. The molecule has 1 atom stereocenters. The molecule has 7 nitrogen and oxygen atoms in total. The Hall–Kier alpha value is -2.19. The van der Waals surface area contributed by atoms with E-state index in [0.717, 1.165) is 5.01 Å². The molecule has 0 saturated heterocycles. The number of aromatic nitrogens is 2. The predicted molar refractivity (Wildman–Crippen MR) is 89.0 cm³/mol. The fourth-order valence-electron chi connectivity index (χ4n) is 1.90. The smallest absolute Gasteiger partial charge is 0.321 e. The number of hydrogen-bond donors (Lipinski definition) is 3. The van der Waals surface area contributed by atoms with E-state index in [1.807, 2.05) is 19.9 Å². The van der Waals surface area contributed by atoms with Crippen molar-refractivity contribution in [3.8, 4) is 5.75 Å². The second kappa shape index (κ2) is 7.89. The van der Waals surface area contributed by atoms with Crippen molar-refractivity contribution < 1.29 is 14.6 Å². The average Bonchev–Trinajstić information content (AvgIpc) is 3.01. The summed E-state index contributed by atoms with van der Waals surface area (Å²) >= 11 is 1.33. The largest absolute Gasteiger partial charge is 0.496 e. The van der Waals surface area contributed by atoms with Gasteiger partial charge in [0.15, 0.2) is 0 Å². The second-order valence-electron chi connectivity index (χ2n) is 5.19. The first-order chi connectivity index (χ1) is 11.0. The number of para-hydroxylation sites is 1. The van der Waals surface area contributed by atoms with Crippen molar-refractivity contribution in [1.82, 2.24) is 15.5 Å². The molecular weight excluding hydrogens is 316 g/mol. The monoisotopic (exact) mass is 336 g/mol. The minimum Gasteiger partial charge on any atom is -0.496 e. The van der Waals surface area contributed by atoms with Crippen molar-refractivity contribution in [2.24, 2.45) is 0 Å². The highest BCUT2D eigenvalue weighted by molar-refractivity contribution is 7.15. The van der Waals surface area contributed by atoms with E-state index in [4.69, 9.17) is 4.74 Å². The number of anilines is 1. The minimum absolute atomic E-state index is 0.0576. The molecule has 2 aromatic rings. The Balaban J connectivity index is 1.88. The van der Waals surface area contributed by atoms with Gasteiger partial charge in [-0.2, -0.15) is 0 Å². The maximum absolute atomic E-state index is 11.9. The number of rotatable bonds is 6. The summed E-state index contributed by atoms with van der Waals surface area (Å²) in [6.07, 6.45) is -0.863. The molecule has 2 amide bonds. The molecule has 0 unspecified atom stereocenters. The zero-order valence-corrected chi connectivity index (χ0v) is 14.1. The molecule has 3 N–H and O–H groups in total. The molecule has 0 bridgehead atoms. The van der Waals surface area contributed by atoms with Crippen molar-refractivity contribution in [3.63, 3.8) is 0 Å². The highest BCUT2D eigenvalue weighted by atomic mass is 32.1. The third-order valence-electron chi connectivity index (χ3n) is 3.11. The molecule has 23 heavy (non-hydrogen) atoms. The van der Waals surface area contributed by atoms with E-state index < -0.39 is 12.1 Å². The van der Waals surface area contributed by atoms with Gasteiger partial charge in [0.2, 0.25) is 5.13 Å². The van der Waals surface area contributed by atoms with E-state index in [1.165, 1.54) is 18.4 Å². The van der Waals surface area contributed by atoms with Crippen LogP contribution in [0.3, 0.4) is 0 Å². The van der Waals surface area contributed by atoms with E-state index in [-0.39, 0.29) is 12.5 Å². The van der Waals surface area contributed by atoms with Gasteiger partial charge in [0, 0.05) is 18.0 Å². The summed E-state index contributed by atoms with van der Waals surface area (Å²) < 4.78 is 5.19.